The number of carbonyl (C=O) groups excluding carboxylic acids is 1. The second-order valence-electron chi connectivity index (χ2n) is 6.31. The Kier molecular flexibility index (Phi) is 7.42. The van der Waals surface area contributed by atoms with E-state index >= 15 is 0 Å². The number of rotatable bonds is 9. The Morgan fingerprint density at radius 1 is 1.13 bits per heavy atom. The van der Waals surface area contributed by atoms with Gasteiger partial charge in [-0.1, -0.05) is 50.8 Å². The summed E-state index contributed by atoms with van der Waals surface area (Å²) in [6.07, 6.45) is 3.93. The van der Waals surface area contributed by atoms with Gasteiger partial charge in [-0.3, -0.25) is 8.98 Å². The summed E-state index contributed by atoms with van der Waals surface area (Å²) in [5.41, 5.74) is 2.29. The van der Waals surface area contributed by atoms with Crippen molar-refractivity contribution >= 4 is 15.9 Å². The molecule has 0 amide bonds. The Hall–Kier alpha value is -1.20. The average molecular weight is 340 g/mol. The number of hydrogen-bond acceptors (Lipinski definition) is 4. The Morgan fingerprint density at radius 3 is 2.22 bits per heavy atom. The zero-order valence-corrected chi connectivity index (χ0v) is 15.6. The molecular weight excluding hydrogens is 312 g/mol. The number of Topliss-reactive ketones (excluding diaryl/α,β-unsaturated/α-hetero) is 1. The van der Waals surface area contributed by atoms with Crippen LogP contribution in [0, 0.1) is 26.7 Å². The summed E-state index contributed by atoms with van der Waals surface area (Å²) < 4.78 is 29.8. The molecule has 0 aromatic heterocycles. The summed E-state index contributed by atoms with van der Waals surface area (Å²) in [5, 5.41) is 0. The second-order valence-corrected chi connectivity index (χ2v) is 7.86. The smallest absolute Gasteiger partial charge is 0.297 e. The standard InChI is InChI=1S/C18H28O4S/c1-6-7-8-9-14(3)17(19)12-22-23(20,21)18-15(4)10-13(2)11-16(18)5/h10-11,14H,6-9,12H2,1-5H3. The second kappa shape index (κ2) is 8.60. The van der Waals surface area contributed by atoms with Crippen molar-refractivity contribution < 1.29 is 17.4 Å². The number of hydrogen-bond donors (Lipinski definition) is 0. The van der Waals surface area contributed by atoms with Crippen molar-refractivity contribution in [1.29, 1.82) is 0 Å². The van der Waals surface area contributed by atoms with E-state index in [0.29, 0.717) is 11.1 Å². The van der Waals surface area contributed by atoms with Crippen LogP contribution in [0.15, 0.2) is 17.0 Å². The van der Waals surface area contributed by atoms with Crippen LogP contribution in [0.25, 0.3) is 0 Å². The van der Waals surface area contributed by atoms with Crippen LogP contribution in [-0.4, -0.2) is 20.8 Å². The van der Waals surface area contributed by atoms with Crippen molar-refractivity contribution in [1.82, 2.24) is 0 Å². The van der Waals surface area contributed by atoms with E-state index in [1.165, 1.54) is 0 Å². The summed E-state index contributed by atoms with van der Waals surface area (Å²) in [4.78, 5) is 12.2. The van der Waals surface area contributed by atoms with E-state index in [2.05, 4.69) is 6.92 Å². The molecule has 1 atom stereocenters. The molecule has 1 aromatic carbocycles. The highest BCUT2D eigenvalue weighted by atomic mass is 32.2. The van der Waals surface area contributed by atoms with Gasteiger partial charge in [-0.25, -0.2) is 0 Å². The van der Waals surface area contributed by atoms with Crippen LogP contribution in [0.5, 0.6) is 0 Å². The SMILES string of the molecule is CCCCCC(C)C(=O)COS(=O)(=O)c1c(C)cc(C)cc1C. The topological polar surface area (TPSA) is 60.4 Å². The molecule has 0 saturated carbocycles. The molecule has 130 valence electrons. The van der Waals surface area contributed by atoms with E-state index in [1.54, 1.807) is 26.0 Å². The summed E-state index contributed by atoms with van der Waals surface area (Å²) >= 11 is 0. The quantitative estimate of drug-likeness (QED) is 0.501. The van der Waals surface area contributed by atoms with Crippen LogP contribution in [0.4, 0.5) is 0 Å². The summed E-state index contributed by atoms with van der Waals surface area (Å²) in [6.45, 7) is 8.95. The average Bonchev–Trinajstić information content (AvgIpc) is 2.43. The molecule has 0 aliphatic rings. The molecule has 0 bridgehead atoms. The van der Waals surface area contributed by atoms with Gasteiger partial charge in [0.05, 0.1) is 4.90 Å². The molecule has 1 unspecified atom stereocenters. The lowest BCUT2D eigenvalue weighted by atomic mass is 9.99. The third kappa shape index (κ3) is 5.74. The first-order chi connectivity index (χ1) is 10.7. The molecule has 5 heteroatoms. The fraction of sp³-hybridized carbons (Fsp3) is 0.611. The first-order valence-corrected chi connectivity index (χ1v) is 9.59. The molecule has 0 aliphatic carbocycles. The van der Waals surface area contributed by atoms with E-state index in [1.807, 2.05) is 13.8 Å². The lowest BCUT2D eigenvalue weighted by Gasteiger charge is -2.13. The van der Waals surface area contributed by atoms with E-state index in [9.17, 15) is 13.2 Å². The van der Waals surface area contributed by atoms with Gasteiger partial charge in [0, 0.05) is 5.92 Å². The predicted molar refractivity (Wildman–Crippen MR) is 92.1 cm³/mol. The monoisotopic (exact) mass is 340 g/mol. The normalized spacial score (nSPS) is 13.1. The molecule has 1 rings (SSSR count). The van der Waals surface area contributed by atoms with Crippen molar-refractivity contribution in [2.75, 3.05) is 6.61 Å². The van der Waals surface area contributed by atoms with E-state index in [-0.39, 0.29) is 23.2 Å². The number of unbranched alkanes of at least 4 members (excludes halogenated alkanes) is 2. The summed E-state index contributed by atoms with van der Waals surface area (Å²) in [5.74, 6) is -0.330. The summed E-state index contributed by atoms with van der Waals surface area (Å²) in [7, 11) is -3.91. The first-order valence-electron chi connectivity index (χ1n) is 8.19. The van der Waals surface area contributed by atoms with Gasteiger partial charge < -0.3 is 0 Å². The third-order valence-electron chi connectivity index (χ3n) is 4.00. The molecule has 0 saturated heterocycles. The lowest BCUT2D eigenvalue weighted by molar-refractivity contribution is -0.124. The van der Waals surface area contributed by atoms with Crippen molar-refractivity contribution in [3.63, 3.8) is 0 Å². The molecule has 1 aromatic rings. The van der Waals surface area contributed by atoms with E-state index in [0.717, 1.165) is 31.2 Å². The van der Waals surface area contributed by atoms with Crippen molar-refractivity contribution in [2.45, 2.75) is 65.2 Å². The zero-order valence-electron chi connectivity index (χ0n) is 14.8. The largest absolute Gasteiger partial charge is 0.297 e. The molecule has 0 spiro atoms. The maximum Gasteiger partial charge on any atom is 0.297 e. The van der Waals surface area contributed by atoms with Crippen molar-refractivity contribution in [3.05, 3.63) is 28.8 Å². The van der Waals surface area contributed by atoms with Crippen LogP contribution >= 0.6 is 0 Å². The molecule has 0 radical (unpaired) electrons. The van der Waals surface area contributed by atoms with Crippen LogP contribution < -0.4 is 0 Å². The molecule has 0 fully saturated rings. The van der Waals surface area contributed by atoms with Gasteiger partial charge in [-0.15, -0.1) is 0 Å². The Labute approximate surface area is 140 Å². The van der Waals surface area contributed by atoms with Gasteiger partial charge >= 0.3 is 0 Å². The van der Waals surface area contributed by atoms with Crippen LogP contribution in [0.1, 0.15) is 56.2 Å². The highest BCUT2D eigenvalue weighted by Crippen LogP contribution is 2.24. The van der Waals surface area contributed by atoms with Crippen LogP contribution in [0.3, 0.4) is 0 Å². The predicted octanol–water partition coefficient (Wildman–Crippen LogP) is 4.10. The molecule has 0 aliphatic heterocycles. The van der Waals surface area contributed by atoms with Gasteiger partial charge in [-0.05, 0) is 38.3 Å². The van der Waals surface area contributed by atoms with Gasteiger partial charge in [0.2, 0.25) is 0 Å². The molecule has 0 N–H and O–H groups in total. The third-order valence-corrected chi connectivity index (χ3v) is 5.57. The maximum atomic E-state index is 12.4. The zero-order chi connectivity index (χ0) is 17.6. The van der Waals surface area contributed by atoms with Gasteiger partial charge in [0.25, 0.3) is 10.1 Å². The van der Waals surface area contributed by atoms with Crippen LogP contribution in [-0.2, 0) is 19.1 Å². The van der Waals surface area contributed by atoms with Crippen molar-refractivity contribution in [2.24, 2.45) is 5.92 Å². The minimum atomic E-state index is -3.91. The Morgan fingerprint density at radius 2 is 1.70 bits per heavy atom. The summed E-state index contributed by atoms with van der Waals surface area (Å²) in [6, 6.07) is 3.61. The number of carbonyl (C=O) groups is 1. The molecule has 0 heterocycles. The minimum absolute atomic E-state index is 0.160. The molecular formula is C18H28O4S. The highest BCUT2D eigenvalue weighted by molar-refractivity contribution is 7.86. The van der Waals surface area contributed by atoms with Crippen molar-refractivity contribution in [3.8, 4) is 0 Å². The number of aryl methyl sites for hydroxylation is 3. The molecule has 4 nitrogen and oxygen atoms in total. The number of benzene rings is 1. The number of ketones is 1. The Balaban J connectivity index is 2.75. The van der Waals surface area contributed by atoms with Crippen LogP contribution in [0.2, 0.25) is 0 Å². The Bertz CT molecular complexity index is 624. The first kappa shape index (κ1) is 19.8. The lowest BCUT2D eigenvalue weighted by Crippen LogP contribution is -2.21. The van der Waals surface area contributed by atoms with E-state index < -0.39 is 10.1 Å². The van der Waals surface area contributed by atoms with Gasteiger partial charge in [0.1, 0.15) is 6.61 Å². The fourth-order valence-corrected chi connectivity index (χ4v) is 4.06. The van der Waals surface area contributed by atoms with E-state index in [4.69, 9.17) is 4.18 Å². The molecule has 23 heavy (non-hydrogen) atoms. The van der Waals surface area contributed by atoms with Gasteiger partial charge in [-0.2, -0.15) is 8.42 Å². The minimum Gasteiger partial charge on any atom is -0.297 e. The highest BCUT2D eigenvalue weighted by Gasteiger charge is 2.23. The maximum absolute atomic E-state index is 12.4. The van der Waals surface area contributed by atoms with Gasteiger partial charge in [0.15, 0.2) is 5.78 Å². The fourth-order valence-electron chi connectivity index (χ4n) is 2.76.